The molecule has 115 valence electrons. The minimum atomic E-state index is 0. The fourth-order valence-corrected chi connectivity index (χ4v) is 4.04. The van der Waals surface area contributed by atoms with Crippen molar-refractivity contribution in [3.63, 3.8) is 0 Å². The first-order valence-electron chi connectivity index (χ1n) is 9.27. The van der Waals surface area contributed by atoms with Crippen LogP contribution < -0.4 is 0 Å². The van der Waals surface area contributed by atoms with Crippen molar-refractivity contribution in [2.75, 3.05) is 0 Å². The number of rotatable bonds is 1. The molecule has 2 unspecified atom stereocenters. The van der Waals surface area contributed by atoms with Gasteiger partial charge < -0.3 is 0 Å². The molecule has 1 radical (unpaired) electrons. The monoisotopic (exact) mass is 313 g/mol. The van der Waals surface area contributed by atoms with Gasteiger partial charge in [-0.05, 0) is 76.0 Å². The molecule has 0 fully saturated rings. The van der Waals surface area contributed by atoms with Crippen LogP contribution in [0, 0.1) is 11.8 Å². The largest absolute Gasteiger partial charge is 0.0885 e. The average Bonchev–Trinajstić information content (AvgIpc) is 2.50. The third-order valence-corrected chi connectivity index (χ3v) is 5.28. The summed E-state index contributed by atoms with van der Waals surface area (Å²) in [6.07, 6.45) is 29.6. The van der Waals surface area contributed by atoms with Crippen molar-refractivity contribution in [1.29, 1.82) is 0 Å². The molecule has 0 spiro atoms. The fourth-order valence-electron chi connectivity index (χ4n) is 4.04. The third kappa shape index (κ3) is 9.10. The van der Waals surface area contributed by atoms with E-state index < -0.39 is 0 Å². The molecule has 2 atom stereocenters. The standard InChI is InChI=1S/C20H34.K/c1-3-7-11-15-19(16-12-8-4-1)20-17-13-9-5-2-6-10-14-18-20;/h1-3,5,19-20H,4,6-18H2;. The first-order chi connectivity index (χ1) is 9.97. The van der Waals surface area contributed by atoms with Crippen molar-refractivity contribution < 1.29 is 0 Å². The van der Waals surface area contributed by atoms with E-state index in [0.29, 0.717) is 0 Å². The van der Waals surface area contributed by atoms with E-state index in [2.05, 4.69) is 24.3 Å². The van der Waals surface area contributed by atoms with Gasteiger partial charge in [0.25, 0.3) is 0 Å². The molecule has 0 nitrogen and oxygen atoms in total. The number of hydrogen-bond acceptors (Lipinski definition) is 0. The van der Waals surface area contributed by atoms with Gasteiger partial charge in [0.05, 0.1) is 0 Å². The van der Waals surface area contributed by atoms with Gasteiger partial charge in [-0.3, -0.25) is 0 Å². The van der Waals surface area contributed by atoms with E-state index in [9.17, 15) is 0 Å². The third-order valence-electron chi connectivity index (χ3n) is 5.28. The summed E-state index contributed by atoms with van der Waals surface area (Å²) in [6.45, 7) is 0. The van der Waals surface area contributed by atoms with Gasteiger partial charge in [-0.15, -0.1) is 0 Å². The van der Waals surface area contributed by atoms with Crippen molar-refractivity contribution in [3.8, 4) is 0 Å². The summed E-state index contributed by atoms with van der Waals surface area (Å²) in [5.74, 6) is 2.06. The molecular formula is C20H34K. The molecule has 21 heavy (non-hydrogen) atoms. The van der Waals surface area contributed by atoms with Gasteiger partial charge in [0.1, 0.15) is 0 Å². The smallest absolute Gasteiger partial charge is 0 e. The Kier molecular flexibility index (Phi) is 13.0. The predicted molar refractivity (Wildman–Crippen MR) is 95.7 cm³/mol. The Balaban J connectivity index is 0.00000220. The zero-order valence-corrected chi connectivity index (χ0v) is 17.5. The molecule has 0 saturated heterocycles. The Morgan fingerprint density at radius 1 is 0.429 bits per heavy atom. The van der Waals surface area contributed by atoms with Crippen molar-refractivity contribution in [3.05, 3.63) is 24.3 Å². The normalized spacial score (nSPS) is 29.3. The molecule has 0 aromatic rings. The molecule has 0 saturated carbocycles. The molecule has 0 heterocycles. The Bertz CT molecular complexity index is 262. The van der Waals surface area contributed by atoms with E-state index in [0.717, 1.165) is 11.8 Å². The van der Waals surface area contributed by atoms with Crippen LogP contribution in [0.15, 0.2) is 24.3 Å². The summed E-state index contributed by atoms with van der Waals surface area (Å²) < 4.78 is 0. The van der Waals surface area contributed by atoms with Crippen molar-refractivity contribution in [2.45, 2.75) is 89.9 Å². The first-order valence-corrected chi connectivity index (χ1v) is 9.27. The molecule has 0 aromatic carbocycles. The minimum absolute atomic E-state index is 0. The topological polar surface area (TPSA) is 0 Å². The maximum absolute atomic E-state index is 2.43. The second-order valence-electron chi connectivity index (χ2n) is 6.89. The molecule has 0 N–H and O–H groups in total. The van der Waals surface area contributed by atoms with Gasteiger partial charge in [0, 0.05) is 51.4 Å². The van der Waals surface area contributed by atoms with Crippen LogP contribution in [0.25, 0.3) is 0 Å². The van der Waals surface area contributed by atoms with Gasteiger partial charge in [-0.25, -0.2) is 0 Å². The molecule has 0 aliphatic heterocycles. The van der Waals surface area contributed by atoms with Crippen molar-refractivity contribution in [2.24, 2.45) is 11.8 Å². The van der Waals surface area contributed by atoms with Gasteiger partial charge in [0.2, 0.25) is 0 Å². The van der Waals surface area contributed by atoms with E-state index in [1.54, 1.807) is 0 Å². The van der Waals surface area contributed by atoms with Crippen LogP contribution in [-0.4, -0.2) is 51.4 Å². The van der Waals surface area contributed by atoms with Crippen LogP contribution >= 0.6 is 0 Å². The van der Waals surface area contributed by atoms with Crippen molar-refractivity contribution in [1.82, 2.24) is 0 Å². The van der Waals surface area contributed by atoms with Crippen LogP contribution in [-0.2, 0) is 0 Å². The summed E-state index contributed by atoms with van der Waals surface area (Å²) in [6, 6.07) is 0. The molecule has 0 bridgehead atoms. The van der Waals surface area contributed by atoms with Gasteiger partial charge in [0.15, 0.2) is 0 Å². The molecular weight excluding hydrogens is 279 g/mol. The number of allylic oxidation sites excluding steroid dienone is 4. The first kappa shape index (κ1) is 20.2. The maximum Gasteiger partial charge on any atom is 0 e. The van der Waals surface area contributed by atoms with Crippen molar-refractivity contribution >= 4 is 51.4 Å². The molecule has 2 aliphatic rings. The molecule has 1 heteroatoms. The van der Waals surface area contributed by atoms with Crippen LogP contribution in [0.4, 0.5) is 0 Å². The fraction of sp³-hybridized carbons (Fsp3) is 0.800. The SMILES string of the molecule is C1=CCCCC(C2CCCC=CCCCC2)CCCC1.[K]. The molecule has 0 amide bonds. The summed E-state index contributed by atoms with van der Waals surface area (Å²) in [7, 11) is 0. The predicted octanol–water partition coefficient (Wildman–Crippen LogP) is 6.44. The zero-order chi connectivity index (χ0) is 13.9. The van der Waals surface area contributed by atoms with Crippen LogP contribution in [0.3, 0.4) is 0 Å². The summed E-state index contributed by atoms with van der Waals surface area (Å²) in [4.78, 5) is 0. The quantitative estimate of drug-likeness (QED) is 0.386. The second kappa shape index (κ2) is 13.5. The second-order valence-corrected chi connectivity index (χ2v) is 6.89. The Morgan fingerprint density at radius 2 is 0.762 bits per heavy atom. The van der Waals surface area contributed by atoms with E-state index >= 15 is 0 Å². The Morgan fingerprint density at radius 3 is 1.19 bits per heavy atom. The van der Waals surface area contributed by atoms with E-state index in [-0.39, 0.29) is 51.4 Å². The van der Waals surface area contributed by atoms with E-state index in [1.807, 2.05) is 0 Å². The van der Waals surface area contributed by atoms with Gasteiger partial charge in [-0.2, -0.15) is 0 Å². The Labute approximate surface area is 175 Å². The van der Waals surface area contributed by atoms with E-state index in [1.165, 1.54) is 89.9 Å². The minimum Gasteiger partial charge on any atom is -0.0885 e. The van der Waals surface area contributed by atoms with E-state index in [4.69, 9.17) is 0 Å². The van der Waals surface area contributed by atoms with Crippen LogP contribution in [0.5, 0.6) is 0 Å². The average molecular weight is 314 g/mol. The summed E-state index contributed by atoms with van der Waals surface area (Å²) >= 11 is 0. The van der Waals surface area contributed by atoms with Crippen LogP contribution in [0.1, 0.15) is 89.9 Å². The molecule has 2 aliphatic carbocycles. The van der Waals surface area contributed by atoms with Gasteiger partial charge >= 0.3 is 0 Å². The Hall–Kier alpha value is 1.12. The van der Waals surface area contributed by atoms with Crippen LogP contribution in [0.2, 0.25) is 0 Å². The summed E-state index contributed by atoms with van der Waals surface area (Å²) in [5, 5.41) is 0. The molecule has 2 rings (SSSR count). The van der Waals surface area contributed by atoms with Gasteiger partial charge in [-0.1, -0.05) is 50.0 Å². The zero-order valence-electron chi connectivity index (χ0n) is 14.4. The molecule has 0 aromatic heterocycles. The number of hydrogen-bond donors (Lipinski definition) is 0. The summed E-state index contributed by atoms with van der Waals surface area (Å²) in [5.41, 5.74) is 0. The maximum atomic E-state index is 2.43.